The van der Waals surface area contributed by atoms with Gasteiger partial charge in [0.2, 0.25) is 22.1 Å². The van der Waals surface area contributed by atoms with Crippen LogP contribution in [-0.2, 0) is 36.5 Å². The molecule has 0 amide bonds. The van der Waals surface area contributed by atoms with Crippen molar-refractivity contribution < 1.29 is 120 Å². The van der Waals surface area contributed by atoms with Crippen molar-refractivity contribution in [1.29, 1.82) is 0 Å². The molecule has 0 saturated heterocycles. The van der Waals surface area contributed by atoms with Crippen LogP contribution in [0.25, 0.3) is 0 Å². The first-order chi connectivity index (χ1) is 17.9. The SMILES string of the molecule is O=P(O)(O)C(N(CCC(O)N(C(P(=O)(O)O)P(=O)(O)O)C(P(=O)(O)O)P(=O)(O)O)C(P(=O)(O)O)P(=O)(O)O)P(=O)(O)O. The third-order valence-corrected chi connectivity index (χ3v) is 18.8. The van der Waals surface area contributed by atoms with E-state index < -0.39 is 112 Å². The maximum absolute atomic E-state index is 11.9. The lowest BCUT2D eigenvalue weighted by atomic mass is 10.3. The highest BCUT2D eigenvalue weighted by atomic mass is 31.3. The lowest BCUT2D eigenvalue weighted by Gasteiger charge is -2.42. The van der Waals surface area contributed by atoms with E-state index >= 15 is 0 Å². The summed E-state index contributed by atoms with van der Waals surface area (Å²) in [7, 11) is -52.3. The molecule has 0 aliphatic heterocycles. The van der Waals surface area contributed by atoms with Crippen molar-refractivity contribution in [2.75, 3.05) is 6.54 Å². The summed E-state index contributed by atoms with van der Waals surface area (Å²) in [4.78, 5) is 149. The monoisotopic (exact) mass is 786 g/mol. The van der Waals surface area contributed by atoms with E-state index in [1.165, 1.54) is 0 Å². The van der Waals surface area contributed by atoms with E-state index in [9.17, 15) is 120 Å². The van der Waals surface area contributed by atoms with Gasteiger partial charge in [0.1, 0.15) is 6.23 Å². The van der Waals surface area contributed by atoms with Gasteiger partial charge >= 0.3 is 60.8 Å². The maximum atomic E-state index is 11.9. The van der Waals surface area contributed by atoms with Crippen LogP contribution in [0.1, 0.15) is 6.42 Å². The largest absolute Gasteiger partial charge is 0.378 e. The van der Waals surface area contributed by atoms with Crippen LogP contribution in [-0.4, -0.2) is 128 Å². The van der Waals surface area contributed by atoms with Crippen LogP contribution in [0.15, 0.2) is 0 Å². The molecule has 0 aromatic rings. The highest BCUT2D eigenvalue weighted by molar-refractivity contribution is 7.73. The topological polar surface area (TPSA) is 487 Å². The first-order valence-electron chi connectivity index (χ1n) is 9.50. The van der Waals surface area contributed by atoms with Crippen molar-refractivity contribution in [2.24, 2.45) is 0 Å². The molecule has 1 unspecified atom stereocenters. The first kappa shape index (κ1) is 43.1. The fourth-order valence-electron chi connectivity index (χ4n) is 3.44. The Labute approximate surface area is 232 Å². The van der Waals surface area contributed by atoms with E-state index in [-0.39, 0.29) is 0 Å². The molecule has 27 nitrogen and oxygen atoms in total. The van der Waals surface area contributed by atoms with Gasteiger partial charge in [0, 0.05) is 6.54 Å². The van der Waals surface area contributed by atoms with Gasteiger partial charge in [-0.15, -0.1) is 0 Å². The molecule has 0 aromatic heterocycles. The quantitative estimate of drug-likeness (QED) is 0.0521. The molecule has 0 fully saturated rings. The average Bonchev–Trinajstić information content (AvgIpc) is 2.55. The van der Waals surface area contributed by atoms with E-state index in [0.29, 0.717) is 0 Å². The fraction of sp³-hybridized carbons (Fsp3) is 1.00. The molecule has 35 heteroatoms. The van der Waals surface area contributed by atoms with E-state index in [0.717, 1.165) is 0 Å². The zero-order valence-electron chi connectivity index (χ0n) is 19.6. The number of hydrogen-bond donors (Lipinski definition) is 17. The van der Waals surface area contributed by atoms with Gasteiger partial charge in [0.05, 0.1) is 0 Å². The molecule has 17 N–H and O–H groups in total. The molecule has 1 atom stereocenters. The second-order valence-corrected chi connectivity index (χ2v) is 23.0. The standard InChI is InChI=1S/C7H26N2O25P8/c10-3(9(6(39(23,24)25)40(26,27)28)7(41(29,30)31)42(32,33)34)1-2-8(4(35(11,12)13)36(14,15)16)5(37(17,18)19)38(20,21)22/h3-7,10H,1-2H2,(H2,11,12,13)(H2,14,15,16)(H2,17,18,19)(H2,20,21,22)(H2,23,24,25)(H2,26,27,28)(H2,29,30,31)(H2,32,33,34). The summed E-state index contributed by atoms with van der Waals surface area (Å²) >= 11 is 0. The lowest BCUT2D eigenvalue weighted by Crippen LogP contribution is -2.51. The minimum absolute atomic E-state index is 1.00. The Morgan fingerprint density at radius 2 is 0.571 bits per heavy atom. The Morgan fingerprint density at radius 3 is 0.738 bits per heavy atom. The third kappa shape index (κ3) is 12.0. The fourth-order valence-corrected chi connectivity index (χ4v) is 15.6. The van der Waals surface area contributed by atoms with Gasteiger partial charge < -0.3 is 83.4 Å². The summed E-state index contributed by atoms with van der Waals surface area (Å²) in [6.07, 6.45) is -5.56. The van der Waals surface area contributed by atoms with Crippen molar-refractivity contribution in [3.63, 3.8) is 0 Å². The minimum atomic E-state index is -6.59. The van der Waals surface area contributed by atoms with Gasteiger partial charge in [-0.2, -0.15) is 0 Å². The molecule has 0 aliphatic rings. The normalized spacial score (nSPS) is 16.5. The predicted molar refractivity (Wildman–Crippen MR) is 131 cm³/mol. The van der Waals surface area contributed by atoms with Crippen molar-refractivity contribution in [2.45, 2.75) is 34.7 Å². The molecule has 0 aliphatic carbocycles. The van der Waals surface area contributed by atoms with Gasteiger partial charge in [-0.3, -0.25) is 41.4 Å². The van der Waals surface area contributed by atoms with Crippen LogP contribution in [0.2, 0.25) is 0 Å². The second kappa shape index (κ2) is 13.7. The van der Waals surface area contributed by atoms with Crippen molar-refractivity contribution in [3.05, 3.63) is 0 Å². The molecule has 0 heterocycles. The van der Waals surface area contributed by atoms with Gasteiger partial charge in [-0.05, 0) is 6.42 Å². The number of aliphatic hydroxyl groups is 1. The van der Waals surface area contributed by atoms with Crippen LogP contribution in [0.4, 0.5) is 0 Å². The predicted octanol–water partition coefficient (Wildman–Crippen LogP) is -4.15. The Kier molecular flexibility index (Phi) is 14.0. The highest BCUT2D eigenvalue weighted by Crippen LogP contribution is 2.71. The van der Waals surface area contributed by atoms with Crippen LogP contribution in [0.3, 0.4) is 0 Å². The lowest BCUT2D eigenvalue weighted by molar-refractivity contribution is -0.0159. The molecular weight excluding hydrogens is 760 g/mol. The average molecular weight is 786 g/mol. The van der Waals surface area contributed by atoms with Gasteiger partial charge in [-0.1, -0.05) is 0 Å². The van der Waals surface area contributed by atoms with E-state index in [1.807, 2.05) is 0 Å². The summed E-state index contributed by atoms with van der Waals surface area (Å²) in [5.41, 5.74) is -16.0. The number of rotatable bonds is 16. The molecule has 42 heavy (non-hydrogen) atoms. The summed E-state index contributed by atoms with van der Waals surface area (Å²) in [5.74, 6) is 0. The Morgan fingerprint density at radius 1 is 0.381 bits per heavy atom. The van der Waals surface area contributed by atoms with Crippen molar-refractivity contribution in [1.82, 2.24) is 9.80 Å². The van der Waals surface area contributed by atoms with Crippen LogP contribution < -0.4 is 0 Å². The number of aliphatic hydroxyl groups excluding tert-OH is 1. The minimum Gasteiger partial charge on any atom is -0.378 e. The first-order valence-corrected chi connectivity index (χ1v) is 23.0. The summed E-state index contributed by atoms with van der Waals surface area (Å²) in [6, 6.07) is 0. The van der Waals surface area contributed by atoms with E-state index in [1.54, 1.807) is 0 Å². The van der Waals surface area contributed by atoms with Crippen molar-refractivity contribution >= 4 is 60.8 Å². The second-order valence-electron chi connectivity index (χ2n) is 8.05. The van der Waals surface area contributed by atoms with Crippen LogP contribution in [0, 0.1) is 0 Å². The smallest absolute Gasteiger partial charge is 0.355 e. The molecule has 0 radical (unpaired) electrons. The molecule has 0 rings (SSSR count). The molecule has 0 saturated carbocycles. The maximum Gasteiger partial charge on any atom is 0.355 e. The molecule has 0 bridgehead atoms. The summed E-state index contributed by atoms with van der Waals surface area (Å²) < 4.78 is 95.0. The van der Waals surface area contributed by atoms with E-state index in [2.05, 4.69) is 0 Å². The molecule has 254 valence electrons. The summed E-state index contributed by atoms with van der Waals surface area (Å²) in [6.45, 7) is -2.12. The zero-order valence-corrected chi connectivity index (χ0v) is 26.8. The molecular formula is C7H26N2O25P8. The number of nitrogens with zero attached hydrogens (tertiary/aromatic N) is 2. The molecule has 0 aromatic carbocycles. The Balaban J connectivity index is 7.60. The van der Waals surface area contributed by atoms with Gasteiger partial charge in [0.15, 0.2) is 0 Å². The van der Waals surface area contributed by atoms with Gasteiger partial charge in [0.25, 0.3) is 0 Å². The van der Waals surface area contributed by atoms with Crippen LogP contribution in [0.5, 0.6) is 0 Å². The number of hydrogen-bond acceptors (Lipinski definition) is 11. The van der Waals surface area contributed by atoms with Crippen molar-refractivity contribution in [3.8, 4) is 0 Å². The van der Waals surface area contributed by atoms with Crippen LogP contribution >= 0.6 is 60.8 Å². The highest BCUT2D eigenvalue weighted by Gasteiger charge is 2.62. The Hall–Kier alpha value is 1.08. The summed E-state index contributed by atoms with van der Waals surface area (Å²) in [5, 5.41) is 10.5. The van der Waals surface area contributed by atoms with E-state index in [4.69, 9.17) is 0 Å². The zero-order chi connectivity index (χ0) is 34.5. The third-order valence-electron chi connectivity index (χ3n) is 4.52. The van der Waals surface area contributed by atoms with Gasteiger partial charge in [-0.25, -0.2) is 4.90 Å². The molecule has 0 spiro atoms. The Bertz CT molecular complexity index is 1160.